The summed E-state index contributed by atoms with van der Waals surface area (Å²) in [5, 5.41) is 0.0262. The van der Waals surface area contributed by atoms with E-state index < -0.39 is 5.82 Å². The molecule has 2 aromatic rings. The first kappa shape index (κ1) is 13.3. The van der Waals surface area contributed by atoms with Crippen molar-refractivity contribution in [1.29, 1.82) is 0 Å². The van der Waals surface area contributed by atoms with Gasteiger partial charge in [-0.25, -0.2) is 4.39 Å². The molecule has 0 aromatic heterocycles. The molecule has 0 aliphatic heterocycles. The van der Waals surface area contributed by atoms with E-state index in [9.17, 15) is 4.39 Å². The fourth-order valence-electron chi connectivity index (χ4n) is 2.63. The van der Waals surface area contributed by atoms with Crippen molar-refractivity contribution in [2.75, 3.05) is 5.73 Å². The van der Waals surface area contributed by atoms with Gasteiger partial charge in [0.25, 0.3) is 0 Å². The van der Waals surface area contributed by atoms with Gasteiger partial charge in [-0.2, -0.15) is 0 Å². The number of benzene rings is 2. The van der Waals surface area contributed by atoms with E-state index >= 15 is 0 Å². The zero-order chi connectivity index (χ0) is 14.1. The molecule has 0 saturated carbocycles. The van der Waals surface area contributed by atoms with Gasteiger partial charge in [0.05, 0.1) is 10.7 Å². The molecule has 0 saturated heterocycles. The Kier molecular flexibility index (Phi) is 3.53. The summed E-state index contributed by atoms with van der Waals surface area (Å²) >= 11 is 5.79. The van der Waals surface area contributed by atoms with Gasteiger partial charge in [-0.1, -0.05) is 35.9 Å². The van der Waals surface area contributed by atoms with Crippen molar-refractivity contribution in [1.82, 2.24) is 0 Å². The van der Waals surface area contributed by atoms with Crippen LogP contribution in [0.15, 0.2) is 36.4 Å². The minimum absolute atomic E-state index is 0.0262. The van der Waals surface area contributed by atoms with E-state index in [1.807, 2.05) is 12.1 Å². The monoisotopic (exact) mass is 291 g/mol. The van der Waals surface area contributed by atoms with Crippen LogP contribution in [-0.4, -0.2) is 0 Å². The van der Waals surface area contributed by atoms with Crippen molar-refractivity contribution in [3.63, 3.8) is 0 Å². The Morgan fingerprint density at radius 2 is 2.05 bits per heavy atom. The summed E-state index contributed by atoms with van der Waals surface area (Å²) < 4.78 is 19.3. The topological polar surface area (TPSA) is 35.2 Å². The maximum atomic E-state index is 13.3. The molecule has 1 atom stereocenters. The molecule has 0 spiro atoms. The molecule has 1 aliphatic rings. The van der Waals surface area contributed by atoms with Gasteiger partial charge < -0.3 is 10.5 Å². The summed E-state index contributed by atoms with van der Waals surface area (Å²) in [5.74, 6) is -0.0846. The van der Waals surface area contributed by atoms with Crippen molar-refractivity contribution in [2.45, 2.75) is 25.4 Å². The van der Waals surface area contributed by atoms with Crippen LogP contribution in [0.3, 0.4) is 0 Å². The van der Waals surface area contributed by atoms with Gasteiger partial charge in [0.2, 0.25) is 0 Å². The number of ether oxygens (including phenoxy) is 1. The van der Waals surface area contributed by atoms with Gasteiger partial charge in [-0.05, 0) is 30.4 Å². The summed E-state index contributed by atoms with van der Waals surface area (Å²) in [6.45, 7) is 0. The maximum Gasteiger partial charge on any atom is 0.144 e. The van der Waals surface area contributed by atoms with E-state index in [1.54, 1.807) is 0 Å². The van der Waals surface area contributed by atoms with E-state index in [0.29, 0.717) is 5.75 Å². The number of hydrogen-bond donors (Lipinski definition) is 1. The van der Waals surface area contributed by atoms with E-state index in [-0.39, 0.29) is 16.8 Å². The van der Waals surface area contributed by atoms with Gasteiger partial charge in [-0.3, -0.25) is 0 Å². The van der Waals surface area contributed by atoms with Crippen molar-refractivity contribution >= 4 is 17.3 Å². The highest BCUT2D eigenvalue weighted by molar-refractivity contribution is 6.31. The van der Waals surface area contributed by atoms with Crippen LogP contribution < -0.4 is 10.5 Å². The first-order chi connectivity index (χ1) is 9.65. The lowest BCUT2D eigenvalue weighted by Gasteiger charge is -2.26. The number of aryl methyl sites for hydroxylation is 1. The van der Waals surface area contributed by atoms with Crippen molar-refractivity contribution in [3.05, 3.63) is 58.4 Å². The van der Waals surface area contributed by atoms with Crippen LogP contribution in [0.2, 0.25) is 5.02 Å². The summed E-state index contributed by atoms with van der Waals surface area (Å²) in [4.78, 5) is 0. The first-order valence-electron chi connectivity index (χ1n) is 6.64. The molecular formula is C16H15ClFNO. The Bertz CT molecular complexity index is 644. The second-order valence-electron chi connectivity index (χ2n) is 5.00. The third kappa shape index (κ3) is 2.46. The molecule has 2 N–H and O–H groups in total. The van der Waals surface area contributed by atoms with Crippen LogP contribution >= 0.6 is 11.6 Å². The predicted molar refractivity (Wildman–Crippen MR) is 78.6 cm³/mol. The molecule has 0 fully saturated rings. The molecule has 1 unspecified atom stereocenters. The summed E-state index contributed by atoms with van der Waals surface area (Å²) in [6, 6.07) is 10.9. The van der Waals surface area contributed by atoms with Crippen molar-refractivity contribution in [2.24, 2.45) is 0 Å². The lowest BCUT2D eigenvalue weighted by Crippen LogP contribution is -2.15. The highest BCUT2D eigenvalue weighted by Crippen LogP contribution is 2.37. The zero-order valence-corrected chi connectivity index (χ0v) is 11.7. The summed E-state index contributed by atoms with van der Waals surface area (Å²) in [6.07, 6.45) is 3.00. The number of rotatable bonds is 2. The van der Waals surface area contributed by atoms with Crippen molar-refractivity contribution < 1.29 is 9.13 Å². The van der Waals surface area contributed by atoms with Gasteiger partial charge >= 0.3 is 0 Å². The van der Waals surface area contributed by atoms with Crippen LogP contribution in [0.25, 0.3) is 0 Å². The number of nitrogen functional groups attached to an aromatic ring is 1. The number of fused-ring (bicyclic) bond motifs is 1. The highest BCUT2D eigenvalue weighted by atomic mass is 35.5. The van der Waals surface area contributed by atoms with Gasteiger partial charge in [0, 0.05) is 12.1 Å². The fraction of sp³-hybridized carbons (Fsp3) is 0.250. The van der Waals surface area contributed by atoms with Gasteiger partial charge in [0.15, 0.2) is 0 Å². The van der Waals surface area contributed by atoms with Crippen molar-refractivity contribution in [3.8, 4) is 5.75 Å². The van der Waals surface area contributed by atoms with Crippen LogP contribution in [-0.2, 0) is 6.42 Å². The lowest BCUT2D eigenvalue weighted by molar-refractivity contribution is 0.184. The van der Waals surface area contributed by atoms with Crippen LogP contribution in [0.1, 0.15) is 30.1 Å². The molecule has 3 rings (SSSR count). The molecular weight excluding hydrogens is 277 g/mol. The quantitative estimate of drug-likeness (QED) is 0.826. The molecule has 20 heavy (non-hydrogen) atoms. The number of anilines is 1. The largest absolute Gasteiger partial charge is 0.484 e. The Labute approximate surface area is 122 Å². The fourth-order valence-corrected chi connectivity index (χ4v) is 2.78. The lowest BCUT2D eigenvalue weighted by atomic mass is 9.89. The molecule has 2 aromatic carbocycles. The Balaban J connectivity index is 1.91. The Morgan fingerprint density at radius 3 is 2.90 bits per heavy atom. The Morgan fingerprint density at radius 1 is 1.25 bits per heavy atom. The minimum atomic E-state index is -0.527. The average Bonchev–Trinajstić information content (AvgIpc) is 2.45. The second-order valence-corrected chi connectivity index (χ2v) is 5.41. The van der Waals surface area contributed by atoms with E-state index in [4.69, 9.17) is 22.1 Å². The van der Waals surface area contributed by atoms with Gasteiger partial charge in [-0.15, -0.1) is 0 Å². The molecule has 0 bridgehead atoms. The van der Waals surface area contributed by atoms with Gasteiger partial charge in [0.1, 0.15) is 17.7 Å². The number of halogens is 2. The van der Waals surface area contributed by atoms with Crippen LogP contribution in [0.4, 0.5) is 10.1 Å². The molecule has 4 heteroatoms. The molecule has 0 heterocycles. The SMILES string of the molecule is Nc1cc(F)c(Cl)cc1OC1CCCc2ccccc21. The standard InChI is InChI=1S/C16H15ClFNO/c17-12-8-16(14(19)9-13(12)18)20-15-7-3-5-10-4-1-2-6-11(10)15/h1-2,4,6,8-9,15H,3,5,7,19H2. The second kappa shape index (κ2) is 5.33. The first-order valence-corrected chi connectivity index (χ1v) is 7.02. The Hall–Kier alpha value is -1.74. The van der Waals surface area contributed by atoms with Crippen LogP contribution in [0.5, 0.6) is 5.75 Å². The minimum Gasteiger partial charge on any atom is -0.484 e. The normalized spacial score (nSPS) is 17.6. The zero-order valence-electron chi connectivity index (χ0n) is 10.9. The average molecular weight is 292 g/mol. The van der Waals surface area contributed by atoms with E-state index in [0.717, 1.165) is 19.3 Å². The predicted octanol–water partition coefficient (Wildman–Crippen LogP) is 4.52. The molecule has 2 nitrogen and oxygen atoms in total. The van der Waals surface area contributed by atoms with E-state index in [1.165, 1.54) is 23.3 Å². The van der Waals surface area contributed by atoms with Crippen LogP contribution in [0, 0.1) is 5.82 Å². The maximum absolute atomic E-state index is 13.3. The molecule has 0 amide bonds. The molecule has 0 radical (unpaired) electrons. The molecule has 1 aliphatic carbocycles. The third-order valence-electron chi connectivity index (χ3n) is 3.64. The third-order valence-corrected chi connectivity index (χ3v) is 3.93. The highest BCUT2D eigenvalue weighted by Gasteiger charge is 2.22. The summed E-state index contributed by atoms with van der Waals surface area (Å²) in [7, 11) is 0. The summed E-state index contributed by atoms with van der Waals surface area (Å²) in [5.41, 5.74) is 8.56. The number of nitrogens with two attached hydrogens (primary N) is 1. The van der Waals surface area contributed by atoms with E-state index in [2.05, 4.69) is 12.1 Å². The number of hydrogen-bond acceptors (Lipinski definition) is 2. The molecule has 104 valence electrons. The smallest absolute Gasteiger partial charge is 0.144 e.